The first-order valence-corrected chi connectivity index (χ1v) is 11.2. The summed E-state index contributed by atoms with van der Waals surface area (Å²) in [6.07, 6.45) is 4.24. The molecule has 178 valence electrons. The van der Waals surface area contributed by atoms with Gasteiger partial charge in [-0.15, -0.1) is 0 Å². The molecule has 0 saturated carbocycles. The Kier molecular flexibility index (Phi) is 7.73. The first-order chi connectivity index (χ1) is 16.4. The Hall–Kier alpha value is -3.05. The molecule has 3 heterocycles. The molecule has 0 atom stereocenters. The second-order valence-electron chi connectivity index (χ2n) is 7.48. The standard InChI is InChI=1S/C22H21Cl2FN6O3/c23-15-1-2-16(24)19(25)18(15)20(32)13-9-17(27-10-13)21(33)30-14-11-28-22(29-12-14)26-3-4-31-5-7-34-8-6-31/h1-2,9-12,27H,3-8H2,(H,30,33)(H,26,28,29). The molecule has 3 aromatic rings. The van der Waals surface area contributed by atoms with E-state index in [0.29, 0.717) is 18.2 Å². The fourth-order valence-electron chi connectivity index (χ4n) is 3.37. The van der Waals surface area contributed by atoms with Crippen LogP contribution in [-0.2, 0) is 4.74 Å². The molecule has 4 rings (SSSR count). The number of benzene rings is 1. The first-order valence-electron chi connectivity index (χ1n) is 10.5. The van der Waals surface area contributed by atoms with Gasteiger partial charge >= 0.3 is 0 Å². The second-order valence-corrected chi connectivity index (χ2v) is 8.29. The molecule has 1 fully saturated rings. The third-order valence-electron chi connectivity index (χ3n) is 5.19. The Balaban J connectivity index is 1.34. The molecule has 3 N–H and O–H groups in total. The van der Waals surface area contributed by atoms with E-state index in [9.17, 15) is 14.0 Å². The van der Waals surface area contributed by atoms with E-state index in [-0.39, 0.29) is 26.9 Å². The molecule has 1 aromatic carbocycles. The average Bonchev–Trinajstić information content (AvgIpc) is 3.34. The summed E-state index contributed by atoms with van der Waals surface area (Å²) in [5.41, 5.74) is 0.166. The van der Waals surface area contributed by atoms with Gasteiger partial charge in [0.05, 0.1) is 46.9 Å². The summed E-state index contributed by atoms with van der Waals surface area (Å²) in [4.78, 5) is 38.6. The number of aromatic amines is 1. The topological polar surface area (TPSA) is 112 Å². The van der Waals surface area contributed by atoms with Crippen molar-refractivity contribution in [1.29, 1.82) is 0 Å². The van der Waals surface area contributed by atoms with Crippen LogP contribution in [0.25, 0.3) is 0 Å². The van der Waals surface area contributed by atoms with Gasteiger partial charge in [-0.3, -0.25) is 14.5 Å². The SMILES string of the molecule is O=C(Nc1cnc(NCCN2CCOCC2)nc1)c1cc(C(=O)c2c(Cl)ccc(Cl)c2F)c[nH]1. The fraction of sp³-hybridized carbons (Fsp3) is 0.273. The zero-order valence-electron chi connectivity index (χ0n) is 17.9. The predicted octanol–water partition coefficient (Wildman–Crippen LogP) is 3.48. The molecule has 1 aliphatic heterocycles. The summed E-state index contributed by atoms with van der Waals surface area (Å²) in [7, 11) is 0. The minimum absolute atomic E-state index is 0.0595. The van der Waals surface area contributed by atoms with Crippen molar-refractivity contribution in [2.24, 2.45) is 0 Å². The second kappa shape index (κ2) is 10.9. The van der Waals surface area contributed by atoms with Crippen LogP contribution in [0.3, 0.4) is 0 Å². The number of anilines is 2. The summed E-state index contributed by atoms with van der Waals surface area (Å²) in [6.45, 7) is 4.83. The van der Waals surface area contributed by atoms with E-state index < -0.39 is 17.5 Å². The van der Waals surface area contributed by atoms with E-state index in [1.165, 1.54) is 36.8 Å². The molecule has 34 heavy (non-hydrogen) atoms. The van der Waals surface area contributed by atoms with Crippen LogP contribution in [0.1, 0.15) is 26.4 Å². The number of hydrogen-bond donors (Lipinski definition) is 3. The van der Waals surface area contributed by atoms with Gasteiger partial charge in [0.25, 0.3) is 5.91 Å². The molecule has 0 bridgehead atoms. The maximum absolute atomic E-state index is 14.3. The Morgan fingerprint density at radius 2 is 1.85 bits per heavy atom. The molecule has 1 saturated heterocycles. The largest absolute Gasteiger partial charge is 0.379 e. The van der Waals surface area contributed by atoms with Crippen LogP contribution in [0.2, 0.25) is 10.0 Å². The van der Waals surface area contributed by atoms with E-state index in [0.717, 1.165) is 32.8 Å². The molecule has 12 heteroatoms. The number of nitrogens with zero attached hydrogens (tertiary/aromatic N) is 3. The highest BCUT2D eigenvalue weighted by atomic mass is 35.5. The average molecular weight is 507 g/mol. The van der Waals surface area contributed by atoms with Crippen LogP contribution in [0, 0.1) is 5.82 Å². The van der Waals surface area contributed by atoms with Crippen LogP contribution in [0.15, 0.2) is 36.8 Å². The normalized spacial score (nSPS) is 14.1. The highest BCUT2D eigenvalue weighted by Crippen LogP contribution is 2.28. The van der Waals surface area contributed by atoms with Gasteiger partial charge in [0, 0.05) is 37.9 Å². The maximum Gasteiger partial charge on any atom is 0.272 e. The number of nitrogens with one attached hydrogen (secondary N) is 3. The maximum atomic E-state index is 14.3. The Labute approximate surface area is 204 Å². The van der Waals surface area contributed by atoms with Gasteiger partial charge in [-0.25, -0.2) is 14.4 Å². The molecule has 0 spiro atoms. The predicted molar refractivity (Wildman–Crippen MR) is 126 cm³/mol. The summed E-state index contributed by atoms with van der Waals surface area (Å²) < 4.78 is 19.6. The third-order valence-corrected chi connectivity index (χ3v) is 5.79. The number of ether oxygens (including phenoxy) is 1. The lowest BCUT2D eigenvalue weighted by molar-refractivity contribution is 0.0398. The van der Waals surface area contributed by atoms with E-state index in [2.05, 4.69) is 30.5 Å². The molecule has 1 amide bonds. The van der Waals surface area contributed by atoms with Gasteiger partial charge in [0.2, 0.25) is 5.95 Å². The zero-order valence-corrected chi connectivity index (χ0v) is 19.4. The number of ketones is 1. The minimum atomic E-state index is -0.915. The van der Waals surface area contributed by atoms with E-state index in [1.54, 1.807) is 0 Å². The Morgan fingerprint density at radius 1 is 1.15 bits per heavy atom. The fourth-order valence-corrected chi connectivity index (χ4v) is 3.76. The molecule has 9 nitrogen and oxygen atoms in total. The van der Waals surface area contributed by atoms with E-state index in [4.69, 9.17) is 27.9 Å². The molecule has 1 aliphatic rings. The number of morpholine rings is 1. The van der Waals surface area contributed by atoms with Crippen molar-refractivity contribution < 1.29 is 18.7 Å². The van der Waals surface area contributed by atoms with Crippen molar-refractivity contribution in [3.63, 3.8) is 0 Å². The number of halogens is 3. The smallest absolute Gasteiger partial charge is 0.272 e. The molecule has 0 radical (unpaired) electrons. The van der Waals surface area contributed by atoms with Crippen LogP contribution in [0.4, 0.5) is 16.0 Å². The lowest BCUT2D eigenvalue weighted by atomic mass is 10.0. The Morgan fingerprint density at radius 3 is 2.59 bits per heavy atom. The number of carbonyl (C=O) groups is 2. The number of carbonyl (C=O) groups excluding carboxylic acids is 2. The number of hydrogen-bond acceptors (Lipinski definition) is 7. The van der Waals surface area contributed by atoms with Gasteiger partial charge in [0.1, 0.15) is 5.69 Å². The van der Waals surface area contributed by atoms with Crippen molar-refractivity contribution in [3.05, 3.63) is 69.5 Å². The zero-order chi connectivity index (χ0) is 24.1. The number of amides is 1. The van der Waals surface area contributed by atoms with Crippen LogP contribution < -0.4 is 10.6 Å². The first kappa shape index (κ1) is 24.1. The van der Waals surface area contributed by atoms with Crippen molar-refractivity contribution in [1.82, 2.24) is 19.9 Å². The van der Waals surface area contributed by atoms with Crippen LogP contribution in [-0.4, -0.2) is 70.9 Å². The van der Waals surface area contributed by atoms with Gasteiger partial charge in [0.15, 0.2) is 11.6 Å². The lowest BCUT2D eigenvalue weighted by Gasteiger charge is -2.26. The lowest BCUT2D eigenvalue weighted by Crippen LogP contribution is -2.39. The van der Waals surface area contributed by atoms with Crippen molar-refractivity contribution in [3.8, 4) is 0 Å². The van der Waals surface area contributed by atoms with Crippen LogP contribution in [0.5, 0.6) is 0 Å². The summed E-state index contributed by atoms with van der Waals surface area (Å²) >= 11 is 11.7. The van der Waals surface area contributed by atoms with Gasteiger partial charge in [-0.1, -0.05) is 23.2 Å². The number of aromatic nitrogens is 3. The number of H-pyrrole nitrogens is 1. The quantitative estimate of drug-likeness (QED) is 0.316. The summed E-state index contributed by atoms with van der Waals surface area (Å²) in [6, 6.07) is 3.90. The third kappa shape index (κ3) is 5.71. The number of rotatable bonds is 8. The van der Waals surface area contributed by atoms with Gasteiger partial charge < -0.3 is 20.4 Å². The van der Waals surface area contributed by atoms with Crippen LogP contribution >= 0.6 is 23.2 Å². The van der Waals surface area contributed by atoms with Gasteiger partial charge in [-0.2, -0.15) is 0 Å². The van der Waals surface area contributed by atoms with Crippen molar-refractivity contribution in [2.75, 3.05) is 50.0 Å². The van der Waals surface area contributed by atoms with Crippen molar-refractivity contribution in [2.45, 2.75) is 0 Å². The van der Waals surface area contributed by atoms with Crippen molar-refractivity contribution >= 4 is 46.5 Å². The molecule has 0 unspecified atom stereocenters. The van der Waals surface area contributed by atoms with E-state index >= 15 is 0 Å². The molecule has 0 aliphatic carbocycles. The highest BCUT2D eigenvalue weighted by molar-refractivity contribution is 6.37. The molecular weight excluding hydrogens is 486 g/mol. The van der Waals surface area contributed by atoms with Gasteiger partial charge in [-0.05, 0) is 18.2 Å². The monoisotopic (exact) mass is 506 g/mol. The molecule has 2 aromatic heterocycles. The summed E-state index contributed by atoms with van der Waals surface area (Å²) in [5.74, 6) is -1.69. The summed E-state index contributed by atoms with van der Waals surface area (Å²) in [5, 5.41) is 5.48. The van der Waals surface area contributed by atoms with E-state index in [1.807, 2.05) is 0 Å². The minimum Gasteiger partial charge on any atom is -0.379 e. The highest BCUT2D eigenvalue weighted by Gasteiger charge is 2.22. The Bertz CT molecular complexity index is 1180. The molecular formula is C22H21Cl2FN6O3.